The van der Waals surface area contributed by atoms with Crippen molar-refractivity contribution in [1.29, 1.82) is 0 Å². The van der Waals surface area contributed by atoms with Gasteiger partial charge in [0.05, 0.1) is 17.7 Å². The molecule has 2 aromatic carbocycles. The number of carbonyl (C=O) groups is 1. The third kappa shape index (κ3) is 4.23. The lowest BCUT2D eigenvalue weighted by atomic mass is 10.2. The van der Waals surface area contributed by atoms with Crippen LogP contribution in [0.2, 0.25) is 0 Å². The Balaban J connectivity index is 1.46. The van der Waals surface area contributed by atoms with Gasteiger partial charge in [-0.25, -0.2) is 13.4 Å². The summed E-state index contributed by atoms with van der Waals surface area (Å²) in [5.74, 6) is 0.390. The van der Waals surface area contributed by atoms with Crippen molar-refractivity contribution in [1.82, 2.24) is 9.29 Å². The molecule has 0 aliphatic carbocycles. The number of benzene rings is 2. The molecule has 0 radical (unpaired) electrons. The van der Waals surface area contributed by atoms with Crippen molar-refractivity contribution in [3.05, 3.63) is 59.5 Å². The first kappa shape index (κ1) is 20.5. The second-order valence-electron chi connectivity index (χ2n) is 6.86. The van der Waals surface area contributed by atoms with Gasteiger partial charge in [-0.15, -0.1) is 11.3 Å². The van der Waals surface area contributed by atoms with Crippen molar-refractivity contribution in [2.24, 2.45) is 0 Å². The molecule has 1 N–H and O–H groups in total. The number of thiazole rings is 1. The fraction of sp³-hybridized carbons (Fsp3) is 0.238. The highest BCUT2D eigenvalue weighted by molar-refractivity contribution is 7.89. The summed E-state index contributed by atoms with van der Waals surface area (Å²) in [6.07, 6.45) is 1.76. The number of anilines is 1. The number of rotatable bonds is 6. The molecular formula is C21H21N3O4S2. The SMILES string of the molecule is COc1cccc(-c2csc(NC(=O)c3ccc(S(=O)(=O)N4CCCC4)cc3)n2)c1. The van der Waals surface area contributed by atoms with Crippen LogP contribution in [-0.2, 0) is 10.0 Å². The number of sulfonamides is 1. The van der Waals surface area contributed by atoms with Crippen molar-refractivity contribution in [2.75, 3.05) is 25.5 Å². The van der Waals surface area contributed by atoms with Crippen molar-refractivity contribution in [2.45, 2.75) is 17.7 Å². The molecule has 30 heavy (non-hydrogen) atoms. The van der Waals surface area contributed by atoms with Crippen molar-refractivity contribution in [3.8, 4) is 17.0 Å². The van der Waals surface area contributed by atoms with Crippen LogP contribution < -0.4 is 10.1 Å². The number of nitrogens with zero attached hydrogens (tertiary/aromatic N) is 2. The van der Waals surface area contributed by atoms with Gasteiger partial charge in [0, 0.05) is 29.6 Å². The molecule has 1 aromatic heterocycles. The number of aromatic nitrogens is 1. The molecule has 1 saturated heterocycles. The van der Waals surface area contributed by atoms with Crippen LogP contribution >= 0.6 is 11.3 Å². The first-order chi connectivity index (χ1) is 14.5. The van der Waals surface area contributed by atoms with E-state index in [0.717, 1.165) is 29.8 Å². The first-order valence-corrected chi connectivity index (χ1v) is 11.8. The molecule has 7 nitrogen and oxygen atoms in total. The predicted octanol–water partition coefficient (Wildman–Crippen LogP) is 3.86. The number of nitrogens with one attached hydrogen (secondary N) is 1. The molecule has 1 amide bonds. The molecule has 9 heteroatoms. The van der Waals surface area contributed by atoms with Crippen LogP contribution in [0.3, 0.4) is 0 Å². The molecule has 4 rings (SSSR count). The average Bonchev–Trinajstić information content (AvgIpc) is 3.47. The van der Waals surface area contributed by atoms with E-state index in [1.54, 1.807) is 7.11 Å². The monoisotopic (exact) mass is 443 g/mol. The van der Waals surface area contributed by atoms with E-state index in [-0.39, 0.29) is 10.8 Å². The fourth-order valence-corrected chi connectivity index (χ4v) is 5.50. The third-order valence-electron chi connectivity index (χ3n) is 4.91. The van der Waals surface area contributed by atoms with Gasteiger partial charge in [0.15, 0.2) is 5.13 Å². The summed E-state index contributed by atoms with van der Waals surface area (Å²) < 4.78 is 31.9. The molecule has 0 unspecified atom stereocenters. The smallest absolute Gasteiger partial charge is 0.257 e. The Morgan fingerprint density at radius 3 is 2.57 bits per heavy atom. The molecule has 156 valence electrons. The molecule has 2 heterocycles. The van der Waals surface area contributed by atoms with Gasteiger partial charge in [0.2, 0.25) is 10.0 Å². The molecule has 0 atom stereocenters. The van der Waals surface area contributed by atoms with Crippen LogP contribution in [-0.4, -0.2) is 43.8 Å². The van der Waals surface area contributed by atoms with Crippen LogP contribution in [0.25, 0.3) is 11.3 Å². The summed E-state index contributed by atoms with van der Waals surface area (Å²) in [5, 5.41) is 5.09. The van der Waals surface area contributed by atoms with Gasteiger partial charge in [-0.05, 0) is 49.2 Å². The van der Waals surface area contributed by atoms with Gasteiger partial charge in [-0.1, -0.05) is 12.1 Å². The summed E-state index contributed by atoms with van der Waals surface area (Å²) in [6.45, 7) is 1.09. The lowest BCUT2D eigenvalue weighted by Gasteiger charge is -2.15. The average molecular weight is 444 g/mol. The minimum Gasteiger partial charge on any atom is -0.497 e. The van der Waals surface area contributed by atoms with E-state index in [0.29, 0.717) is 23.8 Å². The number of hydrogen-bond acceptors (Lipinski definition) is 6. The van der Waals surface area contributed by atoms with E-state index in [4.69, 9.17) is 4.74 Å². The first-order valence-electron chi connectivity index (χ1n) is 9.49. The van der Waals surface area contributed by atoms with E-state index < -0.39 is 10.0 Å². The van der Waals surface area contributed by atoms with Crippen LogP contribution in [0.5, 0.6) is 5.75 Å². The Hall–Kier alpha value is -2.75. The second kappa shape index (κ2) is 8.55. The third-order valence-corrected chi connectivity index (χ3v) is 7.58. The van der Waals surface area contributed by atoms with Crippen LogP contribution in [0.4, 0.5) is 5.13 Å². The summed E-state index contributed by atoms with van der Waals surface area (Å²) in [5.41, 5.74) is 2.00. The largest absolute Gasteiger partial charge is 0.497 e. The minimum atomic E-state index is -3.49. The maximum absolute atomic E-state index is 12.6. The van der Waals surface area contributed by atoms with Crippen LogP contribution in [0.15, 0.2) is 58.8 Å². The Kier molecular flexibility index (Phi) is 5.85. The lowest BCUT2D eigenvalue weighted by molar-refractivity contribution is 0.102. The Morgan fingerprint density at radius 1 is 1.13 bits per heavy atom. The molecular weight excluding hydrogens is 422 g/mol. The van der Waals surface area contributed by atoms with Gasteiger partial charge in [-0.2, -0.15) is 4.31 Å². The zero-order valence-corrected chi connectivity index (χ0v) is 18.0. The predicted molar refractivity (Wildman–Crippen MR) is 116 cm³/mol. The van der Waals surface area contributed by atoms with Crippen molar-refractivity contribution < 1.29 is 17.9 Å². The molecule has 0 saturated carbocycles. The zero-order valence-electron chi connectivity index (χ0n) is 16.4. The fourth-order valence-electron chi connectivity index (χ4n) is 3.27. The normalized spacial score (nSPS) is 14.6. The van der Waals surface area contributed by atoms with Crippen molar-refractivity contribution >= 4 is 32.4 Å². The van der Waals surface area contributed by atoms with Gasteiger partial charge in [0.25, 0.3) is 5.91 Å². The number of methoxy groups -OCH3 is 1. The van der Waals surface area contributed by atoms with E-state index in [2.05, 4.69) is 10.3 Å². The van der Waals surface area contributed by atoms with Gasteiger partial charge < -0.3 is 4.74 Å². The molecule has 0 bridgehead atoms. The highest BCUT2D eigenvalue weighted by Crippen LogP contribution is 2.28. The maximum Gasteiger partial charge on any atom is 0.257 e. The molecule has 1 aliphatic heterocycles. The Morgan fingerprint density at radius 2 is 1.87 bits per heavy atom. The Labute approximate surface area is 179 Å². The van der Waals surface area contributed by atoms with E-state index >= 15 is 0 Å². The summed E-state index contributed by atoms with van der Waals surface area (Å²) in [7, 11) is -1.89. The standard InChI is InChI=1S/C21H21N3O4S2/c1-28-17-6-4-5-16(13-17)19-14-29-21(22-19)23-20(25)15-7-9-18(10-8-15)30(26,27)24-11-2-3-12-24/h4-10,13-14H,2-3,11-12H2,1H3,(H,22,23,25). The van der Waals surface area contributed by atoms with Crippen LogP contribution in [0.1, 0.15) is 23.2 Å². The molecule has 1 fully saturated rings. The number of amides is 1. The van der Waals surface area contributed by atoms with Gasteiger partial charge >= 0.3 is 0 Å². The van der Waals surface area contributed by atoms with Crippen molar-refractivity contribution in [3.63, 3.8) is 0 Å². The minimum absolute atomic E-state index is 0.204. The zero-order chi connectivity index (χ0) is 21.1. The molecule has 0 spiro atoms. The quantitative estimate of drug-likeness (QED) is 0.625. The highest BCUT2D eigenvalue weighted by atomic mass is 32.2. The summed E-state index contributed by atoms with van der Waals surface area (Å²) in [4.78, 5) is 17.2. The molecule has 3 aromatic rings. The van der Waals surface area contributed by atoms with Crippen LogP contribution in [0, 0.1) is 0 Å². The number of ether oxygens (including phenoxy) is 1. The number of hydrogen-bond donors (Lipinski definition) is 1. The highest BCUT2D eigenvalue weighted by Gasteiger charge is 2.27. The summed E-state index contributed by atoms with van der Waals surface area (Å²) >= 11 is 1.32. The Bertz CT molecular complexity index is 1150. The molecule has 1 aliphatic rings. The maximum atomic E-state index is 12.6. The topological polar surface area (TPSA) is 88.6 Å². The van der Waals surface area contributed by atoms with E-state index in [1.807, 2.05) is 29.6 Å². The lowest BCUT2D eigenvalue weighted by Crippen LogP contribution is -2.27. The second-order valence-corrected chi connectivity index (χ2v) is 9.66. The summed E-state index contributed by atoms with van der Waals surface area (Å²) in [6, 6.07) is 13.5. The number of carbonyl (C=O) groups excluding carboxylic acids is 1. The van der Waals surface area contributed by atoms with E-state index in [1.165, 1.54) is 39.9 Å². The van der Waals surface area contributed by atoms with Gasteiger partial charge in [-0.3, -0.25) is 10.1 Å². The van der Waals surface area contributed by atoms with E-state index in [9.17, 15) is 13.2 Å². The van der Waals surface area contributed by atoms with Gasteiger partial charge in [0.1, 0.15) is 5.75 Å².